The Bertz CT molecular complexity index is 866. The first kappa shape index (κ1) is 19.8. The Balaban J connectivity index is 1.74. The van der Waals surface area contributed by atoms with E-state index < -0.39 is 0 Å². The molecule has 0 aliphatic heterocycles. The van der Waals surface area contributed by atoms with Crippen molar-refractivity contribution in [1.82, 2.24) is 30.4 Å². The highest BCUT2D eigenvalue weighted by molar-refractivity contribution is 5.44. The molecule has 0 atom stereocenters. The second-order valence-corrected chi connectivity index (χ2v) is 6.51. The van der Waals surface area contributed by atoms with Gasteiger partial charge < -0.3 is 19.7 Å². The van der Waals surface area contributed by atoms with E-state index in [1.54, 1.807) is 4.68 Å². The van der Waals surface area contributed by atoms with Crippen molar-refractivity contribution in [3.05, 3.63) is 54.1 Å². The molecule has 0 fully saturated rings. The van der Waals surface area contributed by atoms with Crippen LogP contribution in [0.3, 0.4) is 0 Å². The lowest BCUT2D eigenvalue weighted by atomic mass is 10.2. The van der Waals surface area contributed by atoms with E-state index in [1.165, 1.54) is 0 Å². The van der Waals surface area contributed by atoms with Crippen molar-refractivity contribution in [3.8, 4) is 23.2 Å². The molecule has 0 aliphatic carbocycles. The Morgan fingerprint density at radius 3 is 2.64 bits per heavy atom. The molecule has 0 radical (unpaired) electrons. The van der Waals surface area contributed by atoms with E-state index in [1.807, 2.05) is 55.5 Å². The molecule has 2 aromatic carbocycles. The van der Waals surface area contributed by atoms with Gasteiger partial charge in [0.15, 0.2) is 11.5 Å². The molecule has 0 aliphatic rings. The van der Waals surface area contributed by atoms with E-state index in [0.29, 0.717) is 18.1 Å². The average molecular weight is 382 g/mol. The lowest BCUT2D eigenvalue weighted by molar-refractivity contribution is 0.315. The maximum atomic E-state index is 5.97. The van der Waals surface area contributed by atoms with Gasteiger partial charge in [-0.3, -0.25) is 0 Å². The van der Waals surface area contributed by atoms with E-state index in [-0.39, 0.29) is 6.01 Å². The van der Waals surface area contributed by atoms with Crippen LogP contribution in [0.25, 0.3) is 5.69 Å². The molecular formula is C20H26N6O2. The van der Waals surface area contributed by atoms with Gasteiger partial charge in [0, 0.05) is 19.6 Å². The van der Waals surface area contributed by atoms with Crippen LogP contribution < -0.4 is 14.8 Å². The molecule has 28 heavy (non-hydrogen) atoms. The largest absolute Gasteiger partial charge is 0.490 e. The van der Waals surface area contributed by atoms with E-state index in [2.05, 4.69) is 39.8 Å². The lowest BCUT2D eigenvalue weighted by Crippen LogP contribution is -2.26. The predicted octanol–water partition coefficient (Wildman–Crippen LogP) is 2.50. The number of likely N-dealkylation sites (N-methyl/N-ethyl adjacent to an activating group) is 1. The van der Waals surface area contributed by atoms with Crippen molar-refractivity contribution in [1.29, 1.82) is 0 Å². The van der Waals surface area contributed by atoms with Crippen LogP contribution in [0.15, 0.2) is 48.5 Å². The summed E-state index contributed by atoms with van der Waals surface area (Å²) in [7, 11) is 4.12. The molecule has 0 saturated heterocycles. The maximum absolute atomic E-state index is 5.97. The van der Waals surface area contributed by atoms with Crippen LogP contribution in [0.5, 0.6) is 17.5 Å². The van der Waals surface area contributed by atoms with Crippen LogP contribution in [-0.2, 0) is 6.54 Å². The zero-order valence-corrected chi connectivity index (χ0v) is 16.5. The van der Waals surface area contributed by atoms with Crippen LogP contribution in [-0.4, -0.2) is 58.9 Å². The Labute approximate surface area is 165 Å². The first-order chi connectivity index (χ1) is 13.7. The van der Waals surface area contributed by atoms with Crippen molar-refractivity contribution in [2.45, 2.75) is 13.5 Å². The highest BCUT2D eigenvalue weighted by Gasteiger charge is 2.14. The second kappa shape index (κ2) is 9.82. The van der Waals surface area contributed by atoms with Gasteiger partial charge in [0.25, 0.3) is 0 Å². The first-order valence-corrected chi connectivity index (χ1v) is 9.30. The summed E-state index contributed by atoms with van der Waals surface area (Å²) in [5.74, 6) is 1.24. The van der Waals surface area contributed by atoms with Crippen LogP contribution in [0, 0.1) is 0 Å². The minimum Gasteiger partial charge on any atom is -0.490 e. The van der Waals surface area contributed by atoms with Crippen molar-refractivity contribution >= 4 is 0 Å². The second-order valence-electron chi connectivity index (χ2n) is 6.51. The number of para-hydroxylation sites is 1. The number of nitrogens with one attached hydrogen (secondary N) is 1. The number of aromatic nitrogens is 4. The molecule has 0 bridgehead atoms. The third-order valence-electron chi connectivity index (χ3n) is 4.02. The summed E-state index contributed by atoms with van der Waals surface area (Å²) < 4.78 is 13.3. The van der Waals surface area contributed by atoms with Gasteiger partial charge in [-0.15, -0.1) is 0 Å². The summed E-state index contributed by atoms with van der Waals surface area (Å²) in [5, 5.41) is 15.2. The highest BCUT2D eigenvalue weighted by Crippen LogP contribution is 2.32. The molecule has 1 aromatic heterocycles. The van der Waals surface area contributed by atoms with Crippen LogP contribution >= 0.6 is 0 Å². The molecule has 8 nitrogen and oxygen atoms in total. The summed E-state index contributed by atoms with van der Waals surface area (Å²) >= 11 is 0. The van der Waals surface area contributed by atoms with Gasteiger partial charge in [0.2, 0.25) is 0 Å². The maximum Gasteiger partial charge on any atom is 0.346 e. The number of hydrogen-bond acceptors (Lipinski definition) is 7. The molecule has 0 amide bonds. The fraction of sp³-hybridized carbons (Fsp3) is 0.350. The minimum absolute atomic E-state index is 0.281. The average Bonchev–Trinajstić information content (AvgIpc) is 3.16. The molecule has 0 unspecified atom stereocenters. The monoisotopic (exact) mass is 382 g/mol. The van der Waals surface area contributed by atoms with Crippen LogP contribution in [0.4, 0.5) is 0 Å². The molecule has 3 rings (SSSR count). The molecule has 3 aromatic rings. The Hall–Kier alpha value is -2.97. The Morgan fingerprint density at radius 1 is 1.07 bits per heavy atom. The molecule has 1 N–H and O–H groups in total. The number of nitrogens with zero attached hydrogens (tertiary/aromatic N) is 5. The van der Waals surface area contributed by atoms with E-state index in [4.69, 9.17) is 9.47 Å². The van der Waals surface area contributed by atoms with Crippen molar-refractivity contribution < 1.29 is 9.47 Å². The minimum atomic E-state index is 0.281. The Morgan fingerprint density at radius 2 is 1.89 bits per heavy atom. The molecular weight excluding hydrogens is 356 g/mol. The van der Waals surface area contributed by atoms with E-state index >= 15 is 0 Å². The fourth-order valence-electron chi connectivity index (χ4n) is 2.62. The smallest absolute Gasteiger partial charge is 0.346 e. The summed E-state index contributed by atoms with van der Waals surface area (Å²) in [4.78, 5) is 2.15. The van der Waals surface area contributed by atoms with E-state index in [0.717, 1.165) is 30.9 Å². The summed E-state index contributed by atoms with van der Waals surface area (Å²) in [5.41, 5.74) is 1.94. The molecule has 0 spiro atoms. The quantitative estimate of drug-likeness (QED) is 0.540. The Kier molecular flexibility index (Phi) is 6.94. The topological polar surface area (TPSA) is 77.3 Å². The van der Waals surface area contributed by atoms with Gasteiger partial charge in [0.05, 0.1) is 12.3 Å². The number of tetrazole rings is 1. The molecule has 1 heterocycles. The van der Waals surface area contributed by atoms with Gasteiger partial charge in [0.1, 0.15) is 0 Å². The SMILES string of the molecule is CCOc1cc(CNCCN(C)C)ccc1Oc1nnnn1-c1ccccc1. The standard InChI is InChI=1S/C20H26N6O2/c1-4-27-19-14-16(15-21-12-13-25(2)3)10-11-18(19)28-20-22-23-24-26(20)17-8-6-5-7-9-17/h5-11,14,21H,4,12-13,15H2,1-3H3. The zero-order valence-electron chi connectivity index (χ0n) is 16.5. The van der Waals surface area contributed by atoms with Gasteiger partial charge in [-0.2, -0.15) is 4.68 Å². The summed E-state index contributed by atoms with van der Waals surface area (Å²) in [6, 6.07) is 15.8. The van der Waals surface area contributed by atoms with Crippen molar-refractivity contribution in [2.24, 2.45) is 0 Å². The van der Waals surface area contributed by atoms with Gasteiger partial charge >= 0.3 is 6.01 Å². The fourth-order valence-corrected chi connectivity index (χ4v) is 2.62. The van der Waals surface area contributed by atoms with Crippen molar-refractivity contribution in [3.63, 3.8) is 0 Å². The highest BCUT2D eigenvalue weighted by atomic mass is 16.5. The molecule has 8 heteroatoms. The van der Waals surface area contributed by atoms with Crippen LogP contribution in [0.1, 0.15) is 12.5 Å². The van der Waals surface area contributed by atoms with Crippen LogP contribution in [0.2, 0.25) is 0 Å². The molecule has 148 valence electrons. The number of rotatable bonds is 10. The van der Waals surface area contributed by atoms with E-state index in [9.17, 15) is 0 Å². The lowest BCUT2D eigenvalue weighted by Gasteiger charge is -2.14. The predicted molar refractivity (Wildman–Crippen MR) is 107 cm³/mol. The van der Waals surface area contributed by atoms with Gasteiger partial charge in [-0.1, -0.05) is 29.4 Å². The molecule has 0 saturated carbocycles. The number of ether oxygens (including phenoxy) is 2. The van der Waals surface area contributed by atoms with Gasteiger partial charge in [-0.25, -0.2) is 0 Å². The van der Waals surface area contributed by atoms with Crippen molar-refractivity contribution in [2.75, 3.05) is 33.8 Å². The number of hydrogen-bond donors (Lipinski definition) is 1. The van der Waals surface area contributed by atoms with Gasteiger partial charge in [-0.05, 0) is 61.3 Å². The third-order valence-corrected chi connectivity index (χ3v) is 4.02. The zero-order chi connectivity index (χ0) is 19.8. The summed E-state index contributed by atoms with van der Waals surface area (Å²) in [6.07, 6.45) is 0. The third kappa shape index (κ3) is 5.28. The normalized spacial score (nSPS) is 11.0. The number of benzene rings is 2. The summed E-state index contributed by atoms with van der Waals surface area (Å²) in [6.45, 7) is 5.15. The first-order valence-electron chi connectivity index (χ1n) is 9.30.